The van der Waals surface area contributed by atoms with Crippen molar-refractivity contribution >= 4 is 29.7 Å². The molecule has 2 heterocycles. The number of aromatic hydroxyl groups is 1. The Balaban J connectivity index is 1.50. The molecule has 220 valence electrons. The second-order valence-electron chi connectivity index (χ2n) is 11.8. The number of carbonyl (C=O) groups excluding carboxylic acids is 3. The molecule has 0 aromatic heterocycles. The molecule has 3 atom stereocenters. The third-order valence-corrected chi connectivity index (χ3v) is 7.28. The summed E-state index contributed by atoms with van der Waals surface area (Å²) in [7, 11) is 0. The second-order valence-corrected chi connectivity index (χ2v) is 11.8. The number of carbonyl (C=O) groups is 3. The molecule has 4 rings (SSSR count). The summed E-state index contributed by atoms with van der Waals surface area (Å²) in [6.07, 6.45) is 4.10. The summed E-state index contributed by atoms with van der Waals surface area (Å²) in [4.78, 5) is 39.8. The summed E-state index contributed by atoms with van der Waals surface area (Å²) in [6.45, 7) is 7.34. The van der Waals surface area contributed by atoms with Gasteiger partial charge in [0.05, 0.1) is 18.9 Å². The molecule has 3 N–H and O–H groups in total. The molecule has 41 heavy (non-hydrogen) atoms. The molecular weight excluding hydrogens is 522 g/mol. The lowest BCUT2D eigenvalue weighted by molar-refractivity contribution is -0.437. The number of amides is 2. The van der Waals surface area contributed by atoms with Gasteiger partial charge in [0.2, 0.25) is 17.5 Å². The lowest BCUT2D eigenvalue weighted by Crippen LogP contribution is -2.50. The van der Waals surface area contributed by atoms with Crippen molar-refractivity contribution in [1.29, 1.82) is 0 Å². The van der Waals surface area contributed by atoms with Crippen molar-refractivity contribution in [3.8, 4) is 5.75 Å². The van der Waals surface area contributed by atoms with Crippen LogP contribution in [0.5, 0.6) is 5.75 Å². The number of benzene rings is 2. The predicted octanol–water partition coefficient (Wildman–Crippen LogP) is 3.60. The van der Waals surface area contributed by atoms with Crippen LogP contribution in [0.25, 0.3) is 0 Å². The Morgan fingerprint density at radius 1 is 1.17 bits per heavy atom. The highest BCUT2D eigenvalue weighted by Crippen LogP contribution is 2.34. The van der Waals surface area contributed by atoms with Crippen LogP contribution in [0.15, 0.2) is 48.5 Å². The number of hydrogen-bond donors (Lipinski definition) is 3. The molecule has 0 spiro atoms. The molecule has 0 radical (unpaired) electrons. The molecule has 2 aromatic rings. The molecule has 2 bridgehead atoms. The maximum absolute atomic E-state index is 13.7. The van der Waals surface area contributed by atoms with E-state index >= 15 is 0 Å². The third kappa shape index (κ3) is 8.88. The molecule has 1 unspecified atom stereocenters. The molecule has 9 nitrogen and oxygen atoms in total. The van der Waals surface area contributed by atoms with Gasteiger partial charge in [-0.15, -0.1) is 0 Å². The van der Waals surface area contributed by atoms with Gasteiger partial charge in [-0.25, -0.2) is 0 Å². The van der Waals surface area contributed by atoms with Crippen LogP contribution in [-0.4, -0.2) is 71.6 Å². The largest absolute Gasteiger partial charge is 0.508 e. The van der Waals surface area contributed by atoms with Crippen molar-refractivity contribution in [2.24, 2.45) is 5.92 Å². The minimum absolute atomic E-state index is 0.0586. The Kier molecular flexibility index (Phi) is 10.2. The minimum Gasteiger partial charge on any atom is -0.508 e. The van der Waals surface area contributed by atoms with E-state index in [2.05, 4.69) is 33.6 Å². The van der Waals surface area contributed by atoms with E-state index in [9.17, 15) is 19.5 Å². The topological polar surface area (TPSA) is 117 Å². The molecule has 0 aliphatic carbocycles. The van der Waals surface area contributed by atoms with Gasteiger partial charge in [-0.05, 0) is 64.2 Å². The molecule has 0 fully saturated rings. The average molecular weight is 565 g/mol. The molecule has 2 aliphatic heterocycles. The molecule has 0 saturated carbocycles. The van der Waals surface area contributed by atoms with E-state index < -0.39 is 23.5 Å². The zero-order valence-corrected chi connectivity index (χ0v) is 24.2. The molecule has 2 amide bonds. The van der Waals surface area contributed by atoms with Crippen LogP contribution < -0.4 is 10.6 Å². The number of ether oxygens (including phenoxy) is 2. The van der Waals surface area contributed by atoms with Crippen LogP contribution in [0.1, 0.15) is 63.5 Å². The standard InChI is InChI=1S/C32H41N3O6/c1-32(2,3)41-29(37)20-23(10-6-8-22-9-7-11-25(36)18-22)30(38)34-27-19-24-21-35(28-13-5-4-12-26(24)28)15-17-40-16-14-33-31(27)39/h4-5,7,9,11-13,18,21,23-24,27H,6,8,10,14-17,19-20H2,1-3H3,(H2-,33,34,36,38,39)/p+1/t23-,24?,27+/m1/s1. The number of aryl methyl sites for hydroxylation is 1. The van der Waals surface area contributed by atoms with Crippen LogP contribution in [0.4, 0.5) is 5.69 Å². The number of rotatable bonds is 8. The van der Waals surface area contributed by atoms with E-state index in [1.807, 2.05) is 18.2 Å². The van der Waals surface area contributed by atoms with Crippen molar-refractivity contribution in [3.63, 3.8) is 0 Å². The van der Waals surface area contributed by atoms with Crippen LogP contribution in [0.3, 0.4) is 0 Å². The number of hydrogen-bond acceptors (Lipinski definition) is 6. The Hall–Kier alpha value is -3.72. The van der Waals surface area contributed by atoms with Crippen LogP contribution in [0, 0.1) is 5.92 Å². The summed E-state index contributed by atoms with van der Waals surface area (Å²) >= 11 is 0. The third-order valence-electron chi connectivity index (χ3n) is 7.28. The van der Waals surface area contributed by atoms with Crippen molar-refractivity contribution in [1.82, 2.24) is 10.6 Å². The van der Waals surface area contributed by atoms with Crippen molar-refractivity contribution in [2.45, 2.75) is 70.4 Å². The summed E-state index contributed by atoms with van der Waals surface area (Å²) in [5.41, 5.74) is 2.46. The Labute approximate surface area is 241 Å². The zero-order valence-electron chi connectivity index (χ0n) is 24.2. The first kappa shape index (κ1) is 30.2. The second kappa shape index (κ2) is 13.8. The number of fused-ring (bicyclic) bond motifs is 4. The number of esters is 1. The maximum Gasteiger partial charge on any atom is 0.307 e. The average Bonchev–Trinajstić information content (AvgIpc) is 3.25. The molecular formula is C32H42N3O6+. The first-order valence-electron chi connectivity index (χ1n) is 14.5. The molecule has 0 saturated heterocycles. The minimum atomic E-state index is -0.789. The molecule has 2 aromatic carbocycles. The molecule has 9 heteroatoms. The Morgan fingerprint density at radius 2 is 1.98 bits per heavy atom. The van der Waals surface area contributed by atoms with Gasteiger partial charge < -0.3 is 25.2 Å². The van der Waals surface area contributed by atoms with E-state index in [4.69, 9.17) is 9.47 Å². The smallest absolute Gasteiger partial charge is 0.307 e. The highest BCUT2D eigenvalue weighted by molar-refractivity contribution is 5.90. The predicted molar refractivity (Wildman–Crippen MR) is 155 cm³/mol. The lowest BCUT2D eigenvalue weighted by atomic mass is 9.92. The van der Waals surface area contributed by atoms with E-state index in [-0.39, 0.29) is 29.9 Å². The van der Waals surface area contributed by atoms with Crippen molar-refractivity contribution < 1.29 is 33.5 Å². The van der Waals surface area contributed by atoms with Crippen LogP contribution in [0.2, 0.25) is 0 Å². The number of para-hydroxylation sites is 1. The number of nitrogens with one attached hydrogen (secondary N) is 2. The molecule has 2 aliphatic rings. The van der Waals surface area contributed by atoms with Gasteiger partial charge >= 0.3 is 5.97 Å². The Bertz CT molecular complexity index is 1270. The van der Waals surface area contributed by atoms with Gasteiger partial charge in [0.1, 0.15) is 24.0 Å². The summed E-state index contributed by atoms with van der Waals surface area (Å²) in [6, 6.07) is 14.3. The number of phenols is 1. The van der Waals surface area contributed by atoms with E-state index in [0.717, 1.165) is 16.8 Å². The highest BCUT2D eigenvalue weighted by Gasteiger charge is 2.36. The van der Waals surface area contributed by atoms with Gasteiger partial charge in [0.25, 0.3) is 0 Å². The first-order valence-corrected chi connectivity index (χ1v) is 14.5. The van der Waals surface area contributed by atoms with Gasteiger partial charge in [-0.2, -0.15) is 4.58 Å². The van der Waals surface area contributed by atoms with E-state index in [0.29, 0.717) is 52.0 Å². The Morgan fingerprint density at radius 3 is 2.76 bits per heavy atom. The zero-order chi connectivity index (χ0) is 29.4. The van der Waals surface area contributed by atoms with Crippen LogP contribution >= 0.6 is 0 Å². The fraction of sp³-hybridized carbons (Fsp3) is 0.500. The first-order chi connectivity index (χ1) is 19.6. The fourth-order valence-corrected chi connectivity index (χ4v) is 5.41. The van der Waals surface area contributed by atoms with Gasteiger partial charge in [0.15, 0.2) is 12.8 Å². The highest BCUT2D eigenvalue weighted by atomic mass is 16.6. The maximum atomic E-state index is 13.7. The summed E-state index contributed by atoms with van der Waals surface area (Å²) < 4.78 is 13.4. The monoisotopic (exact) mass is 564 g/mol. The van der Waals surface area contributed by atoms with Crippen LogP contribution in [-0.2, 0) is 30.3 Å². The SMILES string of the molecule is CC(C)(C)OC(=O)C[C@@H](CCCc1cccc(O)c1)C(=O)N[C@H]1CC2C=[N+](CCOCCNC1=O)c1ccccc12. The quantitative estimate of drug-likeness (QED) is 0.333. The fourth-order valence-electron chi connectivity index (χ4n) is 5.41. The van der Waals surface area contributed by atoms with E-state index in [1.165, 1.54) is 0 Å². The number of phenolic OH excluding ortho intramolecular Hbond substituents is 1. The van der Waals surface area contributed by atoms with E-state index in [1.54, 1.807) is 39.0 Å². The summed E-state index contributed by atoms with van der Waals surface area (Å²) in [5, 5.41) is 15.7. The van der Waals surface area contributed by atoms with Gasteiger partial charge in [-0.1, -0.05) is 30.3 Å². The van der Waals surface area contributed by atoms with Gasteiger partial charge in [0, 0.05) is 24.1 Å². The normalized spacial score (nSPS) is 20.0. The van der Waals surface area contributed by atoms with Crippen molar-refractivity contribution in [3.05, 3.63) is 59.7 Å². The van der Waals surface area contributed by atoms with Gasteiger partial charge in [-0.3, -0.25) is 14.4 Å². The number of nitrogens with zero attached hydrogens (tertiary/aromatic N) is 1. The lowest BCUT2D eigenvalue weighted by Gasteiger charge is -2.25. The van der Waals surface area contributed by atoms with Crippen molar-refractivity contribution in [2.75, 3.05) is 26.3 Å². The summed E-state index contributed by atoms with van der Waals surface area (Å²) in [5.74, 6) is -1.62.